The molecule has 2 heterocycles. The summed E-state index contributed by atoms with van der Waals surface area (Å²) in [7, 11) is 1.35. The Morgan fingerprint density at radius 1 is 1.33 bits per heavy atom. The highest BCUT2D eigenvalue weighted by atomic mass is 16.5. The summed E-state index contributed by atoms with van der Waals surface area (Å²) in [6.45, 7) is 0.502. The number of aromatic nitrogens is 1. The van der Waals surface area contributed by atoms with Crippen molar-refractivity contribution in [2.24, 2.45) is 0 Å². The summed E-state index contributed by atoms with van der Waals surface area (Å²) in [5.74, 6) is 0.166. The Hall–Kier alpha value is -2.30. The zero-order valence-corrected chi connectivity index (χ0v) is 12.0. The smallest absolute Gasteiger partial charge is 0.406 e. The van der Waals surface area contributed by atoms with Crippen LogP contribution in [-0.2, 0) is 17.6 Å². The van der Waals surface area contributed by atoms with Gasteiger partial charge >= 0.3 is 6.09 Å². The van der Waals surface area contributed by atoms with Gasteiger partial charge in [0.25, 0.3) is 0 Å². The number of carbonyl (C=O) groups excluding carboxylic acids is 2. The van der Waals surface area contributed by atoms with Gasteiger partial charge in [-0.2, -0.15) is 0 Å². The molecule has 1 aromatic heterocycles. The molecule has 21 heavy (non-hydrogen) atoms. The van der Waals surface area contributed by atoms with Crippen molar-refractivity contribution in [1.29, 1.82) is 0 Å². The fourth-order valence-corrected chi connectivity index (χ4v) is 3.07. The number of nitrogens with zero attached hydrogens (tertiary/aromatic N) is 1. The average Bonchev–Trinajstić information content (AvgIpc) is 2.83. The fourth-order valence-electron chi connectivity index (χ4n) is 3.07. The number of ether oxygens (including phenoxy) is 1. The van der Waals surface area contributed by atoms with E-state index in [0.29, 0.717) is 19.4 Å². The number of nitrogens with one attached hydrogen (secondary N) is 1. The number of alkyl carbamates (subject to hydrolysis) is 1. The lowest BCUT2D eigenvalue weighted by Gasteiger charge is -2.16. The molecule has 0 fully saturated rings. The Kier molecular flexibility index (Phi) is 3.64. The van der Waals surface area contributed by atoms with E-state index in [4.69, 9.17) is 0 Å². The molecule has 5 nitrogen and oxygen atoms in total. The van der Waals surface area contributed by atoms with E-state index in [-0.39, 0.29) is 5.91 Å². The number of amides is 1. The number of fused-ring (bicyclic) bond motifs is 3. The van der Waals surface area contributed by atoms with Crippen LogP contribution < -0.4 is 5.32 Å². The van der Waals surface area contributed by atoms with E-state index in [1.807, 2.05) is 28.8 Å². The molecule has 0 spiro atoms. The Morgan fingerprint density at radius 2 is 2.14 bits per heavy atom. The van der Waals surface area contributed by atoms with Gasteiger partial charge in [-0.25, -0.2) is 4.79 Å². The summed E-state index contributed by atoms with van der Waals surface area (Å²) < 4.78 is 6.43. The summed E-state index contributed by atoms with van der Waals surface area (Å²) in [5.41, 5.74) is 3.24. The summed E-state index contributed by atoms with van der Waals surface area (Å²) >= 11 is 0. The first kappa shape index (κ1) is 13.7. The SMILES string of the molecule is COC(=O)NCCc1c2n(c3ccccc13)C(=O)CCC2. The molecule has 2 aromatic rings. The molecule has 110 valence electrons. The Bertz CT molecular complexity index is 703. The molecule has 0 bridgehead atoms. The summed E-state index contributed by atoms with van der Waals surface area (Å²) in [6.07, 6.45) is 2.68. The largest absolute Gasteiger partial charge is 0.453 e. The lowest BCUT2D eigenvalue weighted by atomic mass is 10.0. The van der Waals surface area contributed by atoms with Crippen molar-refractivity contribution in [1.82, 2.24) is 9.88 Å². The Labute approximate surface area is 122 Å². The van der Waals surface area contributed by atoms with Crippen molar-refractivity contribution < 1.29 is 14.3 Å². The molecule has 1 N–H and O–H groups in total. The van der Waals surface area contributed by atoms with Gasteiger partial charge in [0.05, 0.1) is 12.6 Å². The van der Waals surface area contributed by atoms with E-state index >= 15 is 0 Å². The van der Waals surface area contributed by atoms with Crippen molar-refractivity contribution in [3.8, 4) is 0 Å². The predicted octanol–water partition coefficient (Wildman–Crippen LogP) is 2.52. The van der Waals surface area contributed by atoms with Gasteiger partial charge in [-0.15, -0.1) is 0 Å². The second kappa shape index (κ2) is 5.60. The van der Waals surface area contributed by atoms with E-state index in [1.54, 1.807) is 0 Å². The van der Waals surface area contributed by atoms with Crippen LogP contribution in [0.5, 0.6) is 0 Å². The third-order valence-corrected chi connectivity index (χ3v) is 3.97. The van der Waals surface area contributed by atoms with Crippen LogP contribution in [0.4, 0.5) is 4.79 Å². The highest BCUT2D eigenvalue weighted by Gasteiger charge is 2.24. The van der Waals surface area contributed by atoms with Gasteiger partial charge < -0.3 is 10.1 Å². The molecule has 1 aliphatic rings. The molecule has 0 radical (unpaired) electrons. The van der Waals surface area contributed by atoms with Crippen molar-refractivity contribution >= 4 is 22.9 Å². The van der Waals surface area contributed by atoms with E-state index < -0.39 is 6.09 Å². The number of benzene rings is 1. The maximum absolute atomic E-state index is 12.2. The topological polar surface area (TPSA) is 60.3 Å². The highest BCUT2D eigenvalue weighted by molar-refractivity contribution is 5.96. The monoisotopic (exact) mass is 286 g/mol. The van der Waals surface area contributed by atoms with Gasteiger partial charge in [-0.05, 0) is 30.9 Å². The van der Waals surface area contributed by atoms with Crippen LogP contribution in [0, 0.1) is 0 Å². The molecule has 0 aliphatic carbocycles. The molecule has 0 atom stereocenters. The van der Waals surface area contributed by atoms with Crippen LogP contribution in [0.3, 0.4) is 0 Å². The van der Waals surface area contributed by atoms with E-state index in [9.17, 15) is 9.59 Å². The minimum Gasteiger partial charge on any atom is -0.453 e. The van der Waals surface area contributed by atoms with E-state index in [0.717, 1.165) is 35.0 Å². The van der Waals surface area contributed by atoms with E-state index in [2.05, 4.69) is 10.1 Å². The van der Waals surface area contributed by atoms with Gasteiger partial charge in [0, 0.05) is 24.0 Å². The first-order valence-corrected chi connectivity index (χ1v) is 7.18. The Morgan fingerprint density at radius 3 is 2.95 bits per heavy atom. The minimum atomic E-state index is -0.427. The normalized spacial score (nSPS) is 14.0. The fraction of sp³-hybridized carbons (Fsp3) is 0.375. The first-order chi connectivity index (χ1) is 10.2. The van der Waals surface area contributed by atoms with Gasteiger partial charge in [0.1, 0.15) is 0 Å². The number of methoxy groups -OCH3 is 1. The predicted molar refractivity (Wildman–Crippen MR) is 79.6 cm³/mol. The van der Waals surface area contributed by atoms with Crippen molar-refractivity contribution in [3.63, 3.8) is 0 Å². The van der Waals surface area contributed by atoms with Gasteiger partial charge in [0.2, 0.25) is 5.91 Å². The van der Waals surface area contributed by atoms with Gasteiger partial charge in [-0.3, -0.25) is 9.36 Å². The van der Waals surface area contributed by atoms with Crippen LogP contribution >= 0.6 is 0 Å². The molecule has 1 aliphatic heterocycles. The van der Waals surface area contributed by atoms with Crippen LogP contribution in [-0.4, -0.2) is 30.2 Å². The van der Waals surface area contributed by atoms with Gasteiger partial charge in [-0.1, -0.05) is 18.2 Å². The molecule has 3 rings (SSSR count). The van der Waals surface area contributed by atoms with Crippen LogP contribution in [0.1, 0.15) is 28.9 Å². The number of rotatable bonds is 3. The average molecular weight is 286 g/mol. The third kappa shape index (κ3) is 2.39. The molecular formula is C16H18N2O3. The highest BCUT2D eigenvalue weighted by Crippen LogP contribution is 2.30. The second-order valence-electron chi connectivity index (χ2n) is 5.19. The summed E-state index contributed by atoms with van der Waals surface area (Å²) in [5, 5.41) is 3.80. The maximum atomic E-state index is 12.2. The standard InChI is InChI=1S/C16H18N2O3/c1-21-16(20)17-10-9-12-11-5-2-3-6-13(11)18-14(12)7-4-8-15(18)19/h2-3,5-6H,4,7-10H2,1H3,(H,17,20). The van der Waals surface area contributed by atoms with Crippen LogP contribution in [0.15, 0.2) is 24.3 Å². The molecule has 0 unspecified atom stereocenters. The second-order valence-corrected chi connectivity index (χ2v) is 5.19. The summed E-state index contributed by atoms with van der Waals surface area (Å²) in [6, 6.07) is 7.96. The molecular weight excluding hydrogens is 268 g/mol. The number of para-hydroxylation sites is 1. The molecule has 1 aromatic carbocycles. The number of hydrogen-bond donors (Lipinski definition) is 1. The molecule has 5 heteroatoms. The molecule has 0 saturated heterocycles. The quantitative estimate of drug-likeness (QED) is 0.943. The lowest BCUT2D eigenvalue weighted by Crippen LogP contribution is -2.26. The molecule has 0 saturated carbocycles. The third-order valence-electron chi connectivity index (χ3n) is 3.97. The van der Waals surface area contributed by atoms with Crippen molar-refractivity contribution in [3.05, 3.63) is 35.5 Å². The minimum absolute atomic E-state index is 0.166. The van der Waals surface area contributed by atoms with Crippen LogP contribution in [0.2, 0.25) is 0 Å². The lowest BCUT2D eigenvalue weighted by molar-refractivity contribution is 0.0889. The van der Waals surface area contributed by atoms with Crippen molar-refractivity contribution in [2.75, 3.05) is 13.7 Å². The maximum Gasteiger partial charge on any atom is 0.406 e. The zero-order chi connectivity index (χ0) is 14.8. The van der Waals surface area contributed by atoms with E-state index in [1.165, 1.54) is 7.11 Å². The number of carbonyl (C=O) groups is 2. The van der Waals surface area contributed by atoms with Crippen LogP contribution in [0.25, 0.3) is 10.9 Å². The zero-order valence-electron chi connectivity index (χ0n) is 12.0. The van der Waals surface area contributed by atoms with Crippen molar-refractivity contribution in [2.45, 2.75) is 25.7 Å². The summed E-state index contributed by atoms with van der Waals surface area (Å²) in [4.78, 5) is 23.4. The number of hydrogen-bond acceptors (Lipinski definition) is 3. The Balaban J connectivity index is 1.97. The molecule has 1 amide bonds. The first-order valence-electron chi connectivity index (χ1n) is 7.18. The van der Waals surface area contributed by atoms with Gasteiger partial charge in [0.15, 0.2) is 0 Å².